The third kappa shape index (κ3) is 4.71. The molecule has 0 saturated carbocycles. The summed E-state index contributed by atoms with van der Waals surface area (Å²) in [5.74, 6) is 0.640. The van der Waals surface area contributed by atoms with Crippen molar-refractivity contribution < 1.29 is 23.0 Å². The quantitative estimate of drug-likeness (QED) is 0.692. The van der Waals surface area contributed by atoms with E-state index >= 15 is 0 Å². The smallest absolute Gasteiger partial charge is 0.246 e. The van der Waals surface area contributed by atoms with Gasteiger partial charge in [-0.2, -0.15) is 4.31 Å². The van der Waals surface area contributed by atoms with Crippen LogP contribution in [0.2, 0.25) is 0 Å². The SMILES string of the molecule is CCOc1ccc(N=Cc2cccc(OC)c2O)cc1S(=O)(=O)N1CCCCC1. The van der Waals surface area contributed by atoms with Crippen molar-refractivity contribution in [2.45, 2.75) is 31.1 Å². The van der Waals surface area contributed by atoms with E-state index in [1.54, 1.807) is 30.3 Å². The van der Waals surface area contributed by atoms with Crippen molar-refractivity contribution in [3.05, 3.63) is 42.0 Å². The molecule has 8 heteroatoms. The van der Waals surface area contributed by atoms with Gasteiger partial charge in [0, 0.05) is 24.9 Å². The average molecular weight is 419 g/mol. The summed E-state index contributed by atoms with van der Waals surface area (Å²) in [6.07, 6.45) is 4.23. The van der Waals surface area contributed by atoms with Crippen molar-refractivity contribution in [3.8, 4) is 17.2 Å². The van der Waals surface area contributed by atoms with Gasteiger partial charge in [0.05, 0.1) is 19.4 Å². The van der Waals surface area contributed by atoms with Crippen LogP contribution in [0.15, 0.2) is 46.3 Å². The lowest BCUT2D eigenvalue weighted by atomic mass is 10.2. The van der Waals surface area contributed by atoms with Crippen molar-refractivity contribution in [2.75, 3.05) is 26.8 Å². The highest BCUT2D eigenvalue weighted by atomic mass is 32.2. The first-order chi connectivity index (χ1) is 14.0. The first kappa shape index (κ1) is 21.1. The Labute approximate surface area is 171 Å². The summed E-state index contributed by atoms with van der Waals surface area (Å²) in [5.41, 5.74) is 0.921. The minimum Gasteiger partial charge on any atom is -0.504 e. The van der Waals surface area contributed by atoms with E-state index in [0.717, 1.165) is 19.3 Å². The number of piperidine rings is 1. The summed E-state index contributed by atoms with van der Waals surface area (Å²) in [4.78, 5) is 4.47. The molecule has 0 unspecified atom stereocenters. The van der Waals surface area contributed by atoms with Gasteiger partial charge >= 0.3 is 0 Å². The van der Waals surface area contributed by atoms with Crippen LogP contribution < -0.4 is 9.47 Å². The van der Waals surface area contributed by atoms with Crippen molar-refractivity contribution in [3.63, 3.8) is 0 Å². The predicted octanol–water partition coefficient (Wildman–Crippen LogP) is 3.72. The number of benzene rings is 2. The molecule has 1 N–H and O–H groups in total. The molecule has 29 heavy (non-hydrogen) atoms. The number of para-hydroxylation sites is 1. The Morgan fingerprint density at radius 2 is 1.90 bits per heavy atom. The minimum absolute atomic E-state index is 0.0224. The van der Waals surface area contributed by atoms with Crippen LogP contribution in [0, 0.1) is 0 Å². The molecule has 2 aromatic rings. The Morgan fingerprint density at radius 3 is 2.59 bits per heavy atom. The molecule has 1 aliphatic rings. The standard InChI is InChI=1S/C21H26N2O5S/c1-3-28-18-11-10-17(22-15-16-8-7-9-19(27-2)21(16)24)14-20(18)29(25,26)23-12-5-4-6-13-23/h7-11,14-15,24H,3-6,12-13H2,1-2H3. The van der Waals surface area contributed by atoms with Crippen molar-refractivity contribution in [1.82, 2.24) is 4.31 Å². The van der Waals surface area contributed by atoms with E-state index in [0.29, 0.717) is 42.4 Å². The second kappa shape index (κ2) is 9.28. The van der Waals surface area contributed by atoms with Crippen LogP contribution in [0.25, 0.3) is 0 Å². The zero-order valence-corrected chi connectivity index (χ0v) is 17.5. The van der Waals surface area contributed by atoms with Gasteiger partial charge in [0.25, 0.3) is 0 Å². The largest absolute Gasteiger partial charge is 0.504 e. The van der Waals surface area contributed by atoms with E-state index < -0.39 is 10.0 Å². The molecule has 156 valence electrons. The fourth-order valence-corrected chi connectivity index (χ4v) is 4.92. The molecule has 2 aromatic carbocycles. The summed E-state index contributed by atoms with van der Waals surface area (Å²) in [6, 6.07) is 9.91. The predicted molar refractivity (Wildman–Crippen MR) is 112 cm³/mol. The maximum Gasteiger partial charge on any atom is 0.246 e. The maximum absolute atomic E-state index is 13.2. The third-order valence-electron chi connectivity index (χ3n) is 4.76. The van der Waals surface area contributed by atoms with Crippen LogP contribution in [-0.2, 0) is 10.0 Å². The second-order valence-corrected chi connectivity index (χ2v) is 8.59. The number of ether oxygens (including phenoxy) is 2. The Bertz CT molecular complexity index is 983. The highest BCUT2D eigenvalue weighted by Crippen LogP contribution is 2.33. The van der Waals surface area contributed by atoms with E-state index in [1.165, 1.54) is 23.7 Å². The third-order valence-corrected chi connectivity index (χ3v) is 6.68. The highest BCUT2D eigenvalue weighted by molar-refractivity contribution is 7.89. The lowest BCUT2D eigenvalue weighted by molar-refractivity contribution is 0.323. The molecule has 0 radical (unpaired) electrons. The van der Waals surface area contributed by atoms with Gasteiger partial charge in [-0.25, -0.2) is 8.42 Å². The topological polar surface area (TPSA) is 88.4 Å². The monoisotopic (exact) mass is 418 g/mol. The molecule has 0 atom stereocenters. The van der Waals surface area contributed by atoms with Gasteiger partial charge in [-0.15, -0.1) is 0 Å². The summed E-state index contributed by atoms with van der Waals surface area (Å²) >= 11 is 0. The molecule has 3 rings (SSSR count). The molecule has 7 nitrogen and oxygen atoms in total. The van der Waals surface area contributed by atoms with Gasteiger partial charge < -0.3 is 14.6 Å². The van der Waals surface area contributed by atoms with Crippen LogP contribution >= 0.6 is 0 Å². The maximum atomic E-state index is 13.2. The normalized spacial score (nSPS) is 15.5. The lowest BCUT2D eigenvalue weighted by Crippen LogP contribution is -2.35. The molecule has 0 aliphatic carbocycles. The summed E-state index contributed by atoms with van der Waals surface area (Å²) in [6.45, 7) is 3.20. The second-order valence-electron chi connectivity index (χ2n) is 6.69. The van der Waals surface area contributed by atoms with Crippen LogP contribution in [-0.4, -0.2) is 50.9 Å². The highest BCUT2D eigenvalue weighted by Gasteiger charge is 2.29. The Morgan fingerprint density at radius 1 is 1.14 bits per heavy atom. The lowest BCUT2D eigenvalue weighted by Gasteiger charge is -2.26. The van der Waals surface area contributed by atoms with Gasteiger partial charge in [-0.1, -0.05) is 12.5 Å². The Kier molecular flexibility index (Phi) is 6.76. The first-order valence-corrected chi connectivity index (χ1v) is 11.1. The van der Waals surface area contributed by atoms with Gasteiger partial charge in [0.15, 0.2) is 11.5 Å². The summed E-state index contributed by atoms with van der Waals surface area (Å²) in [5, 5.41) is 10.2. The van der Waals surface area contributed by atoms with Gasteiger partial charge in [-0.3, -0.25) is 4.99 Å². The fourth-order valence-electron chi connectivity index (χ4n) is 3.25. The van der Waals surface area contributed by atoms with E-state index in [1.807, 2.05) is 6.92 Å². The number of rotatable bonds is 7. The van der Waals surface area contributed by atoms with Crippen LogP contribution in [0.1, 0.15) is 31.7 Å². The van der Waals surface area contributed by atoms with E-state index in [2.05, 4.69) is 4.99 Å². The number of aliphatic imine (C=N–C) groups is 1. The Balaban J connectivity index is 1.96. The van der Waals surface area contributed by atoms with Crippen LogP contribution in [0.5, 0.6) is 17.2 Å². The molecular formula is C21H26N2O5S. The first-order valence-electron chi connectivity index (χ1n) is 9.64. The van der Waals surface area contributed by atoms with Gasteiger partial charge in [0.2, 0.25) is 10.0 Å². The molecule has 0 aromatic heterocycles. The van der Waals surface area contributed by atoms with Crippen molar-refractivity contribution in [1.29, 1.82) is 0 Å². The number of phenols is 1. The molecule has 0 spiro atoms. The summed E-state index contributed by atoms with van der Waals surface area (Å²) in [7, 11) is -2.20. The number of hydrogen-bond acceptors (Lipinski definition) is 6. The molecule has 0 bridgehead atoms. The zero-order valence-electron chi connectivity index (χ0n) is 16.7. The fraction of sp³-hybridized carbons (Fsp3) is 0.381. The molecule has 1 saturated heterocycles. The molecule has 1 fully saturated rings. The number of sulfonamides is 1. The number of nitrogens with zero attached hydrogens (tertiary/aromatic N) is 2. The molecule has 0 amide bonds. The average Bonchev–Trinajstić information content (AvgIpc) is 2.74. The molecule has 1 aliphatic heterocycles. The van der Waals surface area contributed by atoms with Crippen molar-refractivity contribution >= 4 is 21.9 Å². The summed E-state index contributed by atoms with van der Waals surface area (Å²) < 4.78 is 38.5. The number of methoxy groups -OCH3 is 1. The minimum atomic E-state index is -3.67. The van der Waals surface area contributed by atoms with E-state index in [4.69, 9.17) is 9.47 Å². The zero-order chi connectivity index (χ0) is 20.9. The van der Waals surface area contributed by atoms with E-state index in [9.17, 15) is 13.5 Å². The molecule has 1 heterocycles. The number of phenolic OH excluding ortho intramolecular Hbond substituents is 1. The molecular weight excluding hydrogens is 392 g/mol. The van der Waals surface area contributed by atoms with E-state index in [-0.39, 0.29) is 10.6 Å². The van der Waals surface area contributed by atoms with Gasteiger partial charge in [-0.05, 0) is 50.1 Å². The van der Waals surface area contributed by atoms with Crippen LogP contribution in [0.3, 0.4) is 0 Å². The number of aromatic hydroxyl groups is 1. The number of hydrogen-bond donors (Lipinski definition) is 1. The van der Waals surface area contributed by atoms with Crippen molar-refractivity contribution in [2.24, 2.45) is 4.99 Å². The van der Waals surface area contributed by atoms with Crippen LogP contribution in [0.4, 0.5) is 5.69 Å². The Hall–Kier alpha value is -2.58. The van der Waals surface area contributed by atoms with Gasteiger partial charge in [0.1, 0.15) is 10.6 Å².